The molecule has 0 aromatic heterocycles. The average molecular weight is 247 g/mol. The van der Waals surface area contributed by atoms with E-state index in [-0.39, 0.29) is 22.1 Å². The van der Waals surface area contributed by atoms with Crippen molar-refractivity contribution >= 4 is 17.6 Å². The fourth-order valence-electron chi connectivity index (χ4n) is 1.33. The van der Waals surface area contributed by atoms with E-state index in [4.69, 9.17) is 30.9 Å². The summed E-state index contributed by atoms with van der Waals surface area (Å²) in [6.07, 6.45) is 0. The van der Waals surface area contributed by atoms with Crippen LogP contribution in [0, 0.1) is 0 Å². The maximum Gasteiger partial charge on any atom is 0.341 e. The molecule has 1 rings (SSSR count). The van der Waals surface area contributed by atoms with E-state index in [0.29, 0.717) is 5.75 Å². The SMILES string of the molecule is COc1cc(Cl)c(C(=O)O)c(OC)c1OC. The molecule has 0 fully saturated rings. The number of carbonyl (C=O) groups is 1. The Morgan fingerprint density at radius 1 is 1.19 bits per heavy atom. The molecule has 0 aliphatic heterocycles. The van der Waals surface area contributed by atoms with Crippen LogP contribution in [0.4, 0.5) is 0 Å². The summed E-state index contributed by atoms with van der Waals surface area (Å²) in [6, 6.07) is 1.37. The summed E-state index contributed by atoms with van der Waals surface area (Å²) in [5.74, 6) is -0.636. The first kappa shape index (κ1) is 12.4. The van der Waals surface area contributed by atoms with Crippen molar-refractivity contribution in [1.82, 2.24) is 0 Å². The quantitative estimate of drug-likeness (QED) is 0.881. The first-order valence-corrected chi connectivity index (χ1v) is 4.66. The first-order valence-electron chi connectivity index (χ1n) is 4.28. The van der Waals surface area contributed by atoms with Gasteiger partial charge in [0.05, 0.1) is 26.4 Å². The van der Waals surface area contributed by atoms with Crippen molar-refractivity contribution in [3.05, 3.63) is 16.7 Å². The third-order valence-electron chi connectivity index (χ3n) is 2.00. The number of aromatic carboxylic acids is 1. The lowest BCUT2D eigenvalue weighted by atomic mass is 10.1. The summed E-state index contributed by atoms with van der Waals surface area (Å²) in [6.45, 7) is 0. The van der Waals surface area contributed by atoms with Crippen molar-refractivity contribution in [2.24, 2.45) is 0 Å². The minimum absolute atomic E-state index is 0.0296. The van der Waals surface area contributed by atoms with Gasteiger partial charge < -0.3 is 19.3 Å². The first-order chi connectivity index (χ1) is 7.56. The lowest BCUT2D eigenvalue weighted by Gasteiger charge is -2.14. The fourth-order valence-corrected chi connectivity index (χ4v) is 1.59. The fraction of sp³-hybridized carbons (Fsp3) is 0.300. The van der Waals surface area contributed by atoms with Gasteiger partial charge in [-0.3, -0.25) is 0 Å². The number of carboxylic acids is 1. The molecule has 88 valence electrons. The highest BCUT2D eigenvalue weighted by atomic mass is 35.5. The molecule has 0 aliphatic carbocycles. The van der Waals surface area contributed by atoms with Gasteiger partial charge in [0.15, 0.2) is 11.5 Å². The van der Waals surface area contributed by atoms with Gasteiger partial charge in [0, 0.05) is 6.07 Å². The van der Waals surface area contributed by atoms with E-state index in [1.807, 2.05) is 0 Å². The Bertz CT molecular complexity index is 416. The topological polar surface area (TPSA) is 65.0 Å². The normalized spacial score (nSPS) is 9.75. The Morgan fingerprint density at radius 3 is 2.12 bits per heavy atom. The predicted molar refractivity (Wildman–Crippen MR) is 58.1 cm³/mol. The van der Waals surface area contributed by atoms with E-state index >= 15 is 0 Å². The number of rotatable bonds is 4. The van der Waals surface area contributed by atoms with Crippen molar-refractivity contribution in [3.63, 3.8) is 0 Å². The van der Waals surface area contributed by atoms with Gasteiger partial charge >= 0.3 is 5.97 Å². The number of hydrogen-bond donors (Lipinski definition) is 1. The molecule has 0 heterocycles. The van der Waals surface area contributed by atoms with Gasteiger partial charge in [-0.25, -0.2) is 4.79 Å². The minimum Gasteiger partial charge on any atom is -0.493 e. The van der Waals surface area contributed by atoms with Crippen LogP contribution in [0.15, 0.2) is 6.07 Å². The predicted octanol–water partition coefficient (Wildman–Crippen LogP) is 2.06. The van der Waals surface area contributed by atoms with Gasteiger partial charge in [-0.2, -0.15) is 0 Å². The van der Waals surface area contributed by atoms with Crippen molar-refractivity contribution in [2.45, 2.75) is 0 Å². The molecule has 0 radical (unpaired) electrons. The number of halogens is 1. The van der Waals surface area contributed by atoms with Crippen LogP contribution in [0.1, 0.15) is 10.4 Å². The molecular formula is C10H11ClO5. The van der Waals surface area contributed by atoms with Gasteiger partial charge in [0.2, 0.25) is 5.75 Å². The molecule has 6 heteroatoms. The minimum atomic E-state index is -1.19. The maximum atomic E-state index is 11.0. The van der Waals surface area contributed by atoms with Gasteiger partial charge in [0.1, 0.15) is 5.56 Å². The average Bonchev–Trinajstić information content (AvgIpc) is 2.26. The maximum absolute atomic E-state index is 11.0. The van der Waals surface area contributed by atoms with Gasteiger partial charge in [0.25, 0.3) is 0 Å². The van der Waals surface area contributed by atoms with Crippen molar-refractivity contribution in [2.75, 3.05) is 21.3 Å². The molecule has 0 amide bonds. The molecule has 5 nitrogen and oxygen atoms in total. The van der Waals surface area contributed by atoms with Crippen LogP contribution in [0.5, 0.6) is 17.2 Å². The monoisotopic (exact) mass is 246 g/mol. The number of methoxy groups -OCH3 is 3. The van der Waals surface area contributed by atoms with Crippen molar-refractivity contribution in [3.8, 4) is 17.2 Å². The standard InChI is InChI=1S/C10H11ClO5/c1-14-6-4-5(11)7(10(12)13)9(16-3)8(6)15-2/h4H,1-3H3,(H,12,13). The van der Waals surface area contributed by atoms with Gasteiger partial charge in [-0.1, -0.05) is 11.6 Å². The van der Waals surface area contributed by atoms with Crippen LogP contribution in [0.2, 0.25) is 5.02 Å². The third-order valence-corrected chi connectivity index (χ3v) is 2.29. The summed E-state index contributed by atoms with van der Waals surface area (Å²) in [5, 5.41) is 9.03. The largest absolute Gasteiger partial charge is 0.493 e. The Labute approximate surface area is 97.5 Å². The van der Waals surface area contributed by atoms with Crippen LogP contribution in [0.3, 0.4) is 0 Å². The Balaban J connectivity index is 3.57. The lowest BCUT2D eigenvalue weighted by molar-refractivity contribution is 0.0692. The molecule has 1 aromatic rings. The molecule has 0 saturated heterocycles. The van der Waals surface area contributed by atoms with E-state index in [0.717, 1.165) is 0 Å². The molecule has 0 aliphatic rings. The Hall–Kier alpha value is -1.62. The number of benzene rings is 1. The molecule has 0 atom stereocenters. The van der Waals surface area contributed by atoms with E-state index in [9.17, 15) is 4.79 Å². The van der Waals surface area contributed by atoms with Crippen LogP contribution >= 0.6 is 11.6 Å². The van der Waals surface area contributed by atoms with Crippen LogP contribution in [0.25, 0.3) is 0 Å². The highest BCUT2D eigenvalue weighted by molar-refractivity contribution is 6.34. The molecule has 1 aromatic carbocycles. The summed E-state index contributed by atoms with van der Waals surface area (Å²) in [5.41, 5.74) is -0.151. The van der Waals surface area contributed by atoms with Crippen molar-refractivity contribution < 1.29 is 24.1 Å². The van der Waals surface area contributed by atoms with Gasteiger partial charge in [-0.15, -0.1) is 0 Å². The molecule has 0 bridgehead atoms. The Kier molecular flexibility index (Phi) is 3.84. The molecule has 0 unspecified atom stereocenters. The smallest absolute Gasteiger partial charge is 0.341 e. The summed E-state index contributed by atoms with van der Waals surface area (Å²) in [4.78, 5) is 11.0. The zero-order valence-corrected chi connectivity index (χ0v) is 9.79. The van der Waals surface area contributed by atoms with E-state index in [1.165, 1.54) is 27.4 Å². The van der Waals surface area contributed by atoms with Crippen LogP contribution in [-0.2, 0) is 0 Å². The van der Waals surface area contributed by atoms with E-state index in [2.05, 4.69) is 0 Å². The highest BCUT2D eigenvalue weighted by Crippen LogP contribution is 2.43. The molecule has 1 N–H and O–H groups in total. The van der Waals surface area contributed by atoms with E-state index < -0.39 is 5.97 Å². The van der Waals surface area contributed by atoms with Gasteiger partial charge in [-0.05, 0) is 0 Å². The van der Waals surface area contributed by atoms with Crippen molar-refractivity contribution in [1.29, 1.82) is 0 Å². The highest BCUT2D eigenvalue weighted by Gasteiger charge is 2.24. The third kappa shape index (κ3) is 1.99. The van der Waals surface area contributed by atoms with E-state index in [1.54, 1.807) is 0 Å². The number of hydrogen-bond acceptors (Lipinski definition) is 4. The molecule has 0 spiro atoms. The molecule has 16 heavy (non-hydrogen) atoms. The summed E-state index contributed by atoms with van der Waals surface area (Å²) >= 11 is 5.82. The van der Waals surface area contributed by atoms with Crippen LogP contribution in [-0.4, -0.2) is 32.4 Å². The summed E-state index contributed by atoms with van der Waals surface area (Å²) < 4.78 is 15.0. The molecular weight excluding hydrogens is 236 g/mol. The number of carboxylic acid groups (broad SMARTS) is 1. The van der Waals surface area contributed by atoms with Crippen LogP contribution < -0.4 is 14.2 Å². The summed E-state index contributed by atoms with van der Waals surface area (Å²) in [7, 11) is 4.15. The second-order valence-corrected chi connectivity index (χ2v) is 3.21. The zero-order chi connectivity index (χ0) is 12.3. The second kappa shape index (κ2) is 4.94. The zero-order valence-electron chi connectivity index (χ0n) is 9.04. The second-order valence-electron chi connectivity index (χ2n) is 2.81. The lowest BCUT2D eigenvalue weighted by Crippen LogP contribution is -2.05. The molecule has 0 saturated carbocycles. The number of ether oxygens (including phenoxy) is 3. The Morgan fingerprint density at radius 2 is 1.75 bits per heavy atom.